The molecule has 4 unspecified atom stereocenters. The van der Waals surface area contributed by atoms with Crippen molar-refractivity contribution < 1.29 is 73.4 Å². The molecule has 4 aromatic carbocycles. The Hall–Kier alpha value is -6.04. The van der Waals surface area contributed by atoms with Crippen molar-refractivity contribution in [3.05, 3.63) is 82.9 Å². The van der Waals surface area contributed by atoms with E-state index in [1.165, 1.54) is 66.9 Å². The van der Waals surface area contributed by atoms with Gasteiger partial charge < -0.3 is 59.2 Å². The van der Waals surface area contributed by atoms with Gasteiger partial charge in [-0.1, -0.05) is 26.0 Å². The van der Waals surface area contributed by atoms with Crippen molar-refractivity contribution in [2.45, 2.75) is 62.4 Å². The molecule has 0 saturated carbocycles. The molecule has 388 valence electrons. The number of rotatable bonds is 24. The summed E-state index contributed by atoms with van der Waals surface area (Å²) in [5.41, 5.74) is 13.8. The minimum Gasteiger partial charge on any atom is -0.493 e. The fourth-order valence-corrected chi connectivity index (χ4v) is 8.81. The zero-order chi connectivity index (χ0) is 52.7. The van der Waals surface area contributed by atoms with E-state index in [0.717, 1.165) is 11.1 Å². The molecule has 0 radical (unpaired) electrons. The number of hydrogen-bond donors (Lipinski definition) is 4. The van der Waals surface area contributed by atoms with E-state index in [9.17, 15) is 35.5 Å². The van der Waals surface area contributed by atoms with Gasteiger partial charge in [0.05, 0.1) is 78.4 Å². The maximum atomic E-state index is 13.0. The highest BCUT2D eigenvalue weighted by Crippen LogP contribution is 2.40. The van der Waals surface area contributed by atoms with E-state index in [0.29, 0.717) is 47.9 Å². The molecule has 20 nitrogen and oxygen atoms in total. The third kappa shape index (κ3) is 15.5. The van der Waals surface area contributed by atoms with Gasteiger partial charge in [0.2, 0.25) is 11.5 Å². The van der Waals surface area contributed by atoms with Gasteiger partial charge in [-0.15, -0.1) is 0 Å². The number of nitrogens with two attached hydrogens (primary N) is 2. The van der Waals surface area contributed by atoms with Gasteiger partial charge in [0, 0.05) is 39.3 Å². The number of carbonyl (C=O) groups excluding carboxylic acids is 2. The fraction of sp³-hybridized carbons (Fsp3) is 0.458. The standard InChI is InChI=1S/C32H42N2O11S2.C16H26N2O5/c1-20-9-11-29(46(36,37)38)24(15-20)33(4)19-26(34(5)25-16-21(2)10-12-30(25)47(39,40)41)22(3)13-14-45-32(35)23-17-27(42-6)31(44-8)28(18-23)43-7;1-10(12(18)9-17)5-6-23-16(19)11-7-13(20-2)15(22-4)14(8-11)21-3/h9-12,15-18,22,26H,13-14,19H2,1-8H3,(H,36,37,38)(H,39,40,41);7-8,10,12H,5-6,9,17-18H2,1-4H3. The first-order chi connectivity index (χ1) is 32.9. The van der Waals surface area contributed by atoms with Crippen LogP contribution in [0.15, 0.2) is 70.5 Å². The molecule has 0 amide bonds. The lowest BCUT2D eigenvalue weighted by Gasteiger charge is -2.38. The number of anilines is 2. The van der Waals surface area contributed by atoms with Crippen LogP contribution in [0.3, 0.4) is 0 Å². The van der Waals surface area contributed by atoms with Crippen molar-refractivity contribution in [1.82, 2.24) is 0 Å². The highest BCUT2D eigenvalue weighted by molar-refractivity contribution is 7.86. The molecule has 22 heteroatoms. The van der Waals surface area contributed by atoms with Crippen molar-refractivity contribution in [2.24, 2.45) is 23.3 Å². The second-order valence-corrected chi connectivity index (χ2v) is 19.3. The topological polar surface area (TPSA) is 275 Å². The summed E-state index contributed by atoms with van der Waals surface area (Å²) < 4.78 is 112. The second kappa shape index (κ2) is 26.2. The SMILES string of the molecule is COc1cc(C(=O)OCCC(C)C(CN(C)c2cc(C)ccc2S(=O)(=O)O)N(C)c2cc(C)ccc2S(=O)(=O)O)cc(OC)c1OC.COc1cc(C(=O)OCCC(C)C(N)CN)cc(OC)c1OC. The van der Waals surface area contributed by atoms with Crippen LogP contribution in [0, 0.1) is 25.7 Å². The minimum atomic E-state index is -4.61. The molecule has 4 rings (SSSR count). The van der Waals surface area contributed by atoms with Crippen LogP contribution in [0.2, 0.25) is 0 Å². The smallest absolute Gasteiger partial charge is 0.338 e. The lowest BCUT2D eigenvalue weighted by molar-refractivity contribution is 0.0471. The lowest BCUT2D eigenvalue weighted by atomic mass is 9.95. The highest BCUT2D eigenvalue weighted by atomic mass is 32.2. The van der Waals surface area contributed by atoms with Crippen LogP contribution in [-0.4, -0.2) is 133 Å². The molecule has 4 aromatic rings. The van der Waals surface area contributed by atoms with Crippen LogP contribution in [-0.2, 0) is 29.7 Å². The molecular weight excluding hydrogens is 953 g/mol. The van der Waals surface area contributed by atoms with Crippen LogP contribution in [0.25, 0.3) is 0 Å². The van der Waals surface area contributed by atoms with E-state index >= 15 is 0 Å². The van der Waals surface area contributed by atoms with Crippen LogP contribution in [0.4, 0.5) is 11.4 Å². The zero-order valence-electron chi connectivity index (χ0n) is 41.8. The number of likely N-dealkylation sites (N-methyl/N-ethyl adjacent to an activating group) is 2. The summed E-state index contributed by atoms with van der Waals surface area (Å²) in [6, 6.07) is 14.5. The molecule has 70 heavy (non-hydrogen) atoms. The van der Waals surface area contributed by atoms with Gasteiger partial charge in [-0.3, -0.25) is 9.11 Å². The average molecular weight is 1020 g/mol. The normalized spacial score (nSPS) is 13.0. The second-order valence-electron chi connectivity index (χ2n) is 16.5. The third-order valence-electron chi connectivity index (χ3n) is 11.6. The molecule has 6 N–H and O–H groups in total. The van der Waals surface area contributed by atoms with Crippen molar-refractivity contribution in [3.63, 3.8) is 0 Å². The molecule has 0 saturated heterocycles. The van der Waals surface area contributed by atoms with E-state index < -0.39 is 38.2 Å². The molecule has 0 spiro atoms. The van der Waals surface area contributed by atoms with Crippen LogP contribution < -0.4 is 49.7 Å². The Morgan fingerprint density at radius 3 is 1.33 bits per heavy atom. The average Bonchev–Trinajstić information content (AvgIpc) is 3.32. The maximum Gasteiger partial charge on any atom is 0.338 e. The van der Waals surface area contributed by atoms with E-state index in [1.807, 2.05) is 13.8 Å². The van der Waals surface area contributed by atoms with E-state index in [4.69, 9.17) is 49.4 Å². The summed E-state index contributed by atoms with van der Waals surface area (Å²) in [6.07, 6.45) is 0.958. The minimum absolute atomic E-state index is 0.0234. The van der Waals surface area contributed by atoms with E-state index in [-0.39, 0.29) is 75.9 Å². The summed E-state index contributed by atoms with van der Waals surface area (Å²) in [5, 5.41) is 0. The van der Waals surface area contributed by atoms with E-state index in [2.05, 4.69) is 0 Å². The maximum absolute atomic E-state index is 13.0. The number of esters is 2. The van der Waals surface area contributed by atoms with Crippen LogP contribution >= 0.6 is 0 Å². The van der Waals surface area contributed by atoms with Crippen molar-refractivity contribution >= 4 is 43.5 Å². The van der Waals surface area contributed by atoms with Gasteiger partial charge in [-0.25, -0.2) is 9.59 Å². The molecule has 4 atom stereocenters. The molecule has 0 bridgehead atoms. The predicted octanol–water partition coefficient (Wildman–Crippen LogP) is 5.83. The van der Waals surface area contributed by atoms with Crippen molar-refractivity contribution in [2.75, 3.05) is 92.9 Å². The van der Waals surface area contributed by atoms with Crippen molar-refractivity contribution in [3.8, 4) is 34.5 Å². The molecule has 0 aliphatic carbocycles. The molecular formula is C48H68N4O16S2. The van der Waals surface area contributed by atoms with Gasteiger partial charge in [-0.2, -0.15) is 16.8 Å². The summed E-state index contributed by atoms with van der Waals surface area (Å²) in [5.74, 6) is 0.887. The Kier molecular flexibility index (Phi) is 21.9. The quantitative estimate of drug-likeness (QED) is 0.0475. The van der Waals surface area contributed by atoms with Crippen LogP contribution in [0.5, 0.6) is 34.5 Å². The number of carbonyl (C=O) groups is 2. The lowest BCUT2D eigenvalue weighted by Crippen LogP contribution is -2.46. The molecule has 0 fully saturated rings. The third-order valence-corrected chi connectivity index (χ3v) is 13.4. The summed E-state index contributed by atoms with van der Waals surface area (Å²) in [6.45, 7) is 8.21. The number of ether oxygens (including phenoxy) is 8. The number of hydrogen-bond acceptors (Lipinski definition) is 18. The first-order valence-corrected chi connectivity index (χ1v) is 24.8. The number of nitrogens with zero attached hydrogens (tertiary/aromatic N) is 2. The monoisotopic (exact) mass is 1020 g/mol. The van der Waals surface area contributed by atoms with Gasteiger partial charge in [0.25, 0.3) is 20.2 Å². The summed E-state index contributed by atoms with van der Waals surface area (Å²) in [4.78, 5) is 28.0. The highest BCUT2D eigenvalue weighted by Gasteiger charge is 2.30. The van der Waals surface area contributed by atoms with Crippen LogP contribution in [0.1, 0.15) is 58.5 Å². The van der Waals surface area contributed by atoms with Crippen molar-refractivity contribution in [1.29, 1.82) is 0 Å². The molecule has 0 aromatic heterocycles. The largest absolute Gasteiger partial charge is 0.493 e. The molecule has 0 heterocycles. The Morgan fingerprint density at radius 1 is 0.600 bits per heavy atom. The van der Waals surface area contributed by atoms with Gasteiger partial charge >= 0.3 is 11.9 Å². The van der Waals surface area contributed by atoms with Gasteiger partial charge in [-0.05, 0) is 98.2 Å². The Bertz CT molecular complexity index is 2580. The zero-order valence-corrected chi connectivity index (χ0v) is 43.4. The summed E-state index contributed by atoms with van der Waals surface area (Å²) in [7, 11) is 2.93. The number of methoxy groups -OCH3 is 6. The Balaban J connectivity index is 0.000000472. The van der Waals surface area contributed by atoms with E-state index in [1.54, 1.807) is 74.1 Å². The number of aryl methyl sites for hydroxylation is 2. The molecule has 0 aliphatic heterocycles. The Morgan fingerprint density at radius 2 is 0.971 bits per heavy atom. The first kappa shape index (κ1) is 58.3. The fourth-order valence-electron chi connectivity index (χ4n) is 7.39. The van der Waals surface area contributed by atoms with Gasteiger partial charge in [0.1, 0.15) is 9.79 Å². The first-order valence-electron chi connectivity index (χ1n) is 21.9. The summed E-state index contributed by atoms with van der Waals surface area (Å²) >= 11 is 0. The number of benzene rings is 4. The molecule has 0 aliphatic rings. The Labute approximate surface area is 411 Å². The van der Waals surface area contributed by atoms with Gasteiger partial charge in [0.15, 0.2) is 23.0 Å². The predicted molar refractivity (Wildman–Crippen MR) is 265 cm³/mol.